The van der Waals surface area contributed by atoms with Crippen molar-refractivity contribution in [1.29, 1.82) is 0 Å². The first-order chi connectivity index (χ1) is 34.5. The average molecular weight is 972 g/mol. The summed E-state index contributed by atoms with van der Waals surface area (Å²) in [5.74, 6) is -0.957. The summed E-state index contributed by atoms with van der Waals surface area (Å²) < 4.78 is 16.8. The molecule has 1 atom stereocenters. The van der Waals surface area contributed by atoms with E-state index in [9.17, 15) is 14.4 Å². The fourth-order valence-corrected chi connectivity index (χ4v) is 7.75. The zero-order chi connectivity index (χ0) is 50.7. The lowest BCUT2D eigenvalue weighted by Crippen LogP contribution is -2.30. The lowest BCUT2D eigenvalue weighted by molar-refractivity contribution is -0.167. The topological polar surface area (TPSA) is 78.9 Å². The van der Waals surface area contributed by atoms with Crippen LogP contribution < -0.4 is 0 Å². The van der Waals surface area contributed by atoms with Gasteiger partial charge in [-0.2, -0.15) is 0 Å². The molecule has 0 bridgehead atoms. The molecule has 398 valence electrons. The second-order valence-corrected chi connectivity index (χ2v) is 18.8. The Morgan fingerprint density at radius 2 is 0.557 bits per heavy atom. The highest BCUT2D eigenvalue weighted by Gasteiger charge is 2.19. The largest absolute Gasteiger partial charge is 0.462 e. The van der Waals surface area contributed by atoms with Crippen molar-refractivity contribution in [1.82, 2.24) is 0 Å². The van der Waals surface area contributed by atoms with Crippen molar-refractivity contribution in [2.45, 2.75) is 264 Å². The van der Waals surface area contributed by atoms with Crippen molar-refractivity contribution in [3.8, 4) is 0 Å². The van der Waals surface area contributed by atoms with E-state index >= 15 is 0 Å². The zero-order valence-corrected chi connectivity index (χ0v) is 45.5. The molecule has 0 aromatic heterocycles. The molecule has 0 saturated heterocycles. The summed E-state index contributed by atoms with van der Waals surface area (Å²) >= 11 is 0. The number of rotatable bonds is 51. The van der Waals surface area contributed by atoms with Crippen molar-refractivity contribution in [3.05, 3.63) is 109 Å². The van der Waals surface area contributed by atoms with E-state index in [2.05, 4.69) is 130 Å². The smallest absolute Gasteiger partial charge is 0.306 e. The van der Waals surface area contributed by atoms with E-state index in [1.54, 1.807) is 0 Å². The predicted octanol–water partition coefficient (Wildman–Crippen LogP) is 19.5. The summed E-state index contributed by atoms with van der Waals surface area (Å²) in [6, 6.07) is 0. The molecule has 0 aliphatic carbocycles. The minimum Gasteiger partial charge on any atom is -0.462 e. The summed E-state index contributed by atoms with van der Waals surface area (Å²) in [5, 5.41) is 0. The van der Waals surface area contributed by atoms with Crippen molar-refractivity contribution >= 4 is 17.9 Å². The van der Waals surface area contributed by atoms with Gasteiger partial charge in [0.25, 0.3) is 0 Å². The van der Waals surface area contributed by atoms with Crippen LogP contribution in [0.5, 0.6) is 0 Å². The third-order valence-electron chi connectivity index (χ3n) is 12.0. The molecule has 0 spiro atoms. The minimum absolute atomic E-state index is 0.101. The molecule has 0 radical (unpaired) electrons. The Balaban J connectivity index is 4.46. The van der Waals surface area contributed by atoms with Gasteiger partial charge in [0, 0.05) is 19.3 Å². The highest BCUT2D eigenvalue weighted by Crippen LogP contribution is 2.15. The third-order valence-corrected chi connectivity index (χ3v) is 12.0. The van der Waals surface area contributed by atoms with Crippen LogP contribution in [0, 0.1) is 0 Å². The molecule has 0 fully saturated rings. The second-order valence-electron chi connectivity index (χ2n) is 18.8. The molecule has 0 aliphatic heterocycles. The van der Waals surface area contributed by atoms with E-state index in [4.69, 9.17) is 14.2 Å². The second kappa shape index (κ2) is 57.6. The van der Waals surface area contributed by atoms with Gasteiger partial charge in [-0.15, -0.1) is 0 Å². The molecular weight excluding hydrogens is 865 g/mol. The summed E-state index contributed by atoms with van der Waals surface area (Å²) in [7, 11) is 0. The molecule has 0 heterocycles. The summed E-state index contributed by atoms with van der Waals surface area (Å²) in [5.41, 5.74) is 0. The monoisotopic (exact) mass is 971 g/mol. The van der Waals surface area contributed by atoms with Crippen LogP contribution in [0.25, 0.3) is 0 Å². The Morgan fingerprint density at radius 1 is 0.300 bits per heavy atom. The quantitative estimate of drug-likeness (QED) is 0.0262. The number of hydrogen-bond acceptors (Lipinski definition) is 6. The first-order valence-corrected chi connectivity index (χ1v) is 28.9. The lowest BCUT2D eigenvalue weighted by atomic mass is 10.0. The fraction of sp³-hybridized carbons (Fsp3) is 0.672. The van der Waals surface area contributed by atoms with Crippen LogP contribution in [0.2, 0.25) is 0 Å². The molecule has 6 heteroatoms. The summed E-state index contributed by atoms with van der Waals surface area (Å²) in [4.78, 5) is 38.2. The number of esters is 3. The van der Waals surface area contributed by atoms with Crippen LogP contribution in [0.15, 0.2) is 109 Å². The number of allylic oxidation sites excluding steroid dienone is 18. The van der Waals surface area contributed by atoms with Crippen LogP contribution in [-0.4, -0.2) is 37.2 Å². The predicted molar refractivity (Wildman–Crippen MR) is 302 cm³/mol. The van der Waals surface area contributed by atoms with Crippen LogP contribution in [0.3, 0.4) is 0 Å². The molecule has 0 amide bonds. The molecule has 70 heavy (non-hydrogen) atoms. The van der Waals surface area contributed by atoms with E-state index in [0.29, 0.717) is 19.3 Å². The molecule has 0 aliphatic rings. The average Bonchev–Trinajstić information content (AvgIpc) is 3.36. The van der Waals surface area contributed by atoms with Gasteiger partial charge < -0.3 is 14.2 Å². The van der Waals surface area contributed by atoms with E-state index in [1.165, 1.54) is 83.5 Å². The molecule has 6 nitrogen and oxygen atoms in total. The van der Waals surface area contributed by atoms with Crippen LogP contribution in [0.4, 0.5) is 0 Å². The van der Waals surface area contributed by atoms with Crippen molar-refractivity contribution in [2.24, 2.45) is 0 Å². The van der Waals surface area contributed by atoms with Gasteiger partial charge in [0.15, 0.2) is 6.10 Å². The maximum Gasteiger partial charge on any atom is 0.306 e. The molecule has 0 rings (SSSR count). The highest BCUT2D eigenvalue weighted by molar-refractivity contribution is 5.71. The van der Waals surface area contributed by atoms with Crippen molar-refractivity contribution in [3.63, 3.8) is 0 Å². The number of carbonyl (C=O) groups is 3. The number of ether oxygens (including phenoxy) is 3. The molecule has 0 N–H and O–H groups in total. The molecular formula is C64H106O6. The first-order valence-electron chi connectivity index (χ1n) is 28.9. The van der Waals surface area contributed by atoms with Gasteiger partial charge in [-0.1, -0.05) is 246 Å². The highest BCUT2D eigenvalue weighted by atomic mass is 16.6. The zero-order valence-electron chi connectivity index (χ0n) is 45.5. The third kappa shape index (κ3) is 55.0. The fourth-order valence-electron chi connectivity index (χ4n) is 7.75. The maximum atomic E-state index is 12.9. The maximum absolute atomic E-state index is 12.9. The van der Waals surface area contributed by atoms with E-state index in [1.807, 2.05) is 0 Å². The van der Waals surface area contributed by atoms with E-state index in [0.717, 1.165) is 135 Å². The van der Waals surface area contributed by atoms with Crippen molar-refractivity contribution < 1.29 is 28.6 Å². The Labute approximate surface area is 431 Å². The van der Waals surface area contributed by atoms with E-state index in [-0.39, 0.29) is 31.1 Å². The van der Waals surface area contributed by atoms with Gasteiger partial charge in [0.1, 0.15) is 13.2 Å². The first kappa shape index (κ1) is 66.1. The van der Waals surface area contributed by atoms with Gasteiger partial charge in [0.2, 0.25) is 0 Å². The van der Waals surface area contributed by atoms with Crippen LogP contribution >= 0.6 is 0 Å². The van der Waals surface area contributed by atoms with E-state index < -0.39 is 6.10 Å². The number of hydrogen-bond donors (Lipinski definition) is 0. The Kier molecular flexibility index (Phi) is 54.4. The normalized spacial score (nSPS) is 12.9. The SMILES string of the molecule is CC/C=C\C/C=C\C/C=C\C/C=C\C/C=C\CCCCCCCC(=O)OCC(COC(=O)CCCC/C=C\C/C=C\C/C=C\C/C=C\CC)OC(=O)CCCCCCCCCCCCCCCCCC. The van der Waals surface area contributed by atoms with Crippen LogP contribution in [0.1, 0.15) is 258 Å². The van der Waals surface area contributed by atoms with Gasteiger partial charge in [-0.3, -0.25) is 14.4 Å². The van der Waals surface area contributed by atoms with Gasteiger partial charge in [0.05, 0.1) is 0 Å². The van der Waals surface area contributed by atoms with Gasteiger partial charge >= 0.3 is 17.9 Å². The molecule has 0 aromatic rings. The Morgan fingerprint density at radius 3 is 0.900 bits per heavy atom. The number of carbonyl (C=O) groups excluding carboxylic acids is 3. The Hall–Kier alpha value is -3.93. The number of unbranched alkanes of at least 4 members (excludes halogenated alkanes) is 22. The lowest BCUT2D eigenvalue weighted by Gasteiger charge is -2.18. The van der Waals surface area contributed by atoms with Gasteiger partial charge in [-0.25, -0.2) is 0 Å². The standard InChI is InChI=1S/C64H106O6/c1-4-7-10-13-16-19-22-25-28-30-31-32-33-34-37-39-42-45-48-51-54-57-63(66)69-60-61(59-68-62(65)56-53-50-47-44-41-38-35-27-24-21-18-15-12-9-6-3)70-64(67)58-55-52-49-46-43-40-36-29-26-23-20-17-14-11-8-5-2/h7,9-10,12,16,18-19,21,25,27-28,31-32,34-35,37,41,44,61H,4-6,8,11,13-15,17,20,22-24,26,29-30,33,36,38-40,42-43,45-60H2,1-3H3/b10-7-,12-9-,19-16-,21-18-,28-25-,32-31-,35-27-,37-34-,44-41-. The van der Waals surface area contributed by atoms with Crippen molar-refractivity contribution in [2.75, 3.05) is 13.2 Å². The van der Waals surface area contributed by atoms with Gasteiger partial charge in [-0.05, 0) is 103 Å². The minimum atomic E-state index is -0.804. The Bertz CT molecular complexity index is 1440. The molecule has 0 saturated carbocycles. The molecule has 1 unspecified atom stereocenters. The summed E-state index contributed by atoms with van der Waals surface area (Å²) in [6.45, 7) is 6.37. The molecule has 0 aromatic carbocycles. The van der Waals surface area contributed by atoms with Crippen LogP contribution in [-0.2, 0) is 28.6 Å². The summed E-state index contributed by atoms with van der Waals surface area (Å²) in [6.07, 6.45) is 77.9.